The second kappa shape index (κ2) is 8.11. The Balaban J connectivity index is 1.65. The van der Waals surface area contributed by atoms with Gasteiger partial charge in [0.1, 0.15) is 16.7 Å². The van der Waals surface area contributed by atoms with Crippen molar-refractivity contribution in [2.24, 2.45) is 0 Å². The zero-order chi connectivity index (χ0) is 19.5. The summed E-state index contributed by atoms with van der Waals surface area (Å²) in [6, 6.07) is 18.9. The van der Waals surface area contributed by atoms with Crippen molar-refractivity contribution >= 4 is 56.6 Å². The van der Waals surface area contributed by atoms with E-state index in [9.17, 15) is 4.79 Å². The van der Waals surface area contributed by atoms with Gasteiger partial charge in [-0.25, -0.2) is 0 Å². The SMILES string of the molecule is N#Cc1ccsc1NC(=O)c1oc2ccccc2c1CSc1ccc(Cl)cc1. The lowest BCUT2D eigenvalue weighted by Gasteiger charge is -2.05. The molecular formula is C21H13ClN2O2S2. The van der Waals surface area contributed by atoms with Crippen molar-refractivity contribution in [1.29, 1.82) is 5.26 Å². The minimum atomic E-state index is -0.359. The van der Waals surface area contributed by atoms with E-state index in [2.05, 4.69) is 11.4 Å². The number of nitriles is 1. The quantitative estimate of drug-likeness (QED) is 0.368. The topological polar surface area (TPSA) is 66.0 Å². The lowest BCUT2D eigenvalue weighted by molar-refractivity contribution is 0.0998. The monoisotopic (exact) mass is 424 g/mol. The lowest BCUT2D eigenvalue weighted by atomic mass is 10.1. The van der Waals surface area contributed by atoms with Crippen molar-refractivity contribution in [3.63, 3.8) is 0 Å². The first-order chi connectivity index (χ1) is 13.7. The number of fused-ring (bicyclic) bond motifs is 1. The van der Waals surface area contributed by atoms with Gasteiger partial charge in [0.05, 0.1) is 5.56 Å². The van der Waals surface area contributed by atoms with Gasteiger partial charge in [0.2, 0.25) is 0 Å². The summed E-state index contributed by atoms with van der Waals surface area (Å²) in [6.07, 6.45) is 0. The molecule has 0 aliphatic carbocycles. The Labute approximate surface area is 174 Å². The molecule has 0 spiro atoms. The Morgan fingerprint density at radius 1 is 1.18 bits per heavy atom. The Morgan fingerprint density at radius 3 is 2.75 bits per heavy atom. The first-order valence-corrected chi connectivity index (χ1v) is 10.6. The van der Waals surface area contributed by atoms with Crippen molar-refractivity contribution in [3.05, 3.63) is 81.9 Å². The summed E-state index contributed by atoms with van der Waals surface area (Å²) in [6.45, 7) is 0. The highest BCUT2D eigenvalue weighted by molar-refractivity contribution is 7.98. The summed E-state index contributed by atoms with van der Waals surface area (Å²) in [7, 11) is 0. The van der Waals surface area contributed by atoms with Gasteiger partial charge in [0.25, 0.3) is 5.91 Å². The van der Waals surface area contributed by atoms with Gasteiger partial charge in [-0.15, -0.1) is 23.1 Å². The molecule has 0 fully saturated rings. The van der Waals surface area contributed by atoms with Crippen LogP contribution < -0.4 is 5.32 Å². The average Bonchev–Trinajstić information content (AvgIpc) is 3.31. The average molecular weight is 425 g/mol. The number of thiophene rings is 1. The molecule has 0 saturated heterocycles. The summed E-state index contributed by atoms with van der Waals surface area (Å²) < 4.78 is 5.87. The third-order valence-electron chi connectivity index (χ3n) is 4.11. The maximum atomic E-state index is 12.9. The number of nitrogens with one attached hydrogen (secondary N) is 1. The van der Waals surface area contributed by atoms with Crippen LogP contribution in [0.4, 0.5) is 5.00 Å². The van der Waals surface area contributed by atoms with E-state index in [-0.39, 0.29) is 11.7 Å². The molecule has 0 aliphatic heterocycles. The summed E-state index contributed by atoms with van der Waals surface area (Å²) in [5.41, 5.74) is 1.92. The van der Waals surface area contributed by atoms with Crippen molar-refractivity contribution in [3.8, 4) is 6.07 Å². The maximum absolute atomic E-state index is 12.9. The van der Waals surface area contributed by atoms with Crippen LogP contribution in [0.15, 0.2) is 69.3 Å². The van der Waals surface area contributed by atoms with Crippen molar-refractivity contribution in [1.82, 2.24) is 0 Å². The number of amides is 1. The molecule has 4 nitrogen and oxygen atoms in total. The predicted octanol–water partition coefficient (Wildman–Crippen LogP) is 6.56. The molecule has 4 aromatic rings. The molecule has 2 aromatic heterocycles. The van der Waals surface area contributed by atoms with Crippen LogP contribution in [0, 0.1) is 11.3 Å². The van der Waals surface area contributed by atoms with E-state index in [4.69, 9.17) is 21.3 Å². The number of hydrogen-bond donors (Lipinski definition) is 1. The van der Waals surface area contributed by atoms with Gasteiger partial charge in [-0.3, -0.25) is 4.79 Å². The number of benzene rings is 2. The fraction of sp³-hybridized carbons (Fsp3) is 0.0476. The van der Waals surface area contributed by atoms with E-state index >= 15 is 0 Å². The summed E-state index contributed by atoms with van der Waals surface area (Å²) in [5, 5.41) is 15.8. The smallest absolute Gasteiger partial charge is 0.292 e. The molecule has 28 heavy (non-hydrogen) atoms. The first-order valence-electron chi connectivity index (χ1n) is 8.33. The van der Waals surface area contributed by atoms with E-state index in [0.29, 0.717) is 26.9 Å². The van der Waals surface area contributed by atoms with Crippen LogP contribution in [0.25, 0.3) is 11.0 Å². The second-order valence-corrected chi connectivity index (χ2v) is 8.28. The lowest BCUT2D eigenvalue weighted by Crippen LogP contribution is -2.12. The largest absolute Gasteiger partial charge is 0.451 e. The molecule has 1 amide bonds. The predicted molar refractivity (Wildman–Crippen MR) is 114 cm³/mol. The molecule has 0 radical (unpaired) electrons. The summed E-state index contributed by atoms with van der Waals surface area (Å²) in [5.74, 6) is 0.471. The van der Waals surface area contributed by atoms with E-state index in [0.717, 1.165) is 15.8 Å². The third-order valence-corrected chi connectivity index (χ3v) is 6.23. The Hall–Kier alpha value is -2.72. The number of furan rings is 1. The Kier molecular flexibility index (Phi) is 5.40. The van der Waals surface area contributed by atoms with Gasteiger partial charge in [0, 0.05) is 26.6 Å². The van der Waals surface area contributed by atoms with Crippen LogP contribution in [-0.4, -0.2) is 5.91 Å². The Morgan fingerprint density at radius 2 is 1.96 bits per heavy atom. The fourth-order valence-electron chi connectivity index (χ4n) is 2.77. The van der Waals surface area contributed by atoms with E-state index in [1.165, 1.54) is 11.3 Å². The normalized spacial score (nSPS) is 10.7. The van der Waals surface area contributed by atoms with Gasteiger partial charge in [-0.1, -0.05) is 29.8 Å². The number of para-hydroxylation sites is 1. The zero-order valence-corrected chi connectivity index (χ0v) is 16.8. The molecule has 1 N–H and O–H groups in total. The first kappa shape index (κ1) is 18.6. The van der Waals surface area contributed by atoms with Gasteiger partial charge in [-0.05, 0) is 41.8 Å². The molecule has 7 heteroatoms. The number of carbonyl (C=O) groups excluding carboxylic acids is 1. The fourth-order valence-corrected chi connectivity index (χ4v) is 4.55. The standard InChI is InChI=1S/C21H13ClN2O2S2/c22-14-5-7-15(8-6-14)28-12-17-16-3-1-2-4-18(16)26-19(17)20(25)24-21-13(11-23)9-10-27-21/h1-10H,12H2,(H,24,25). The second-order valence-electron chi connectivity index (χ2n) is 5.88. The number of thioether (sulfide) groups is 1. The highest BCUT2D eigenvalue weighted by Crippen LogP contribution is 2.33. The van der Waals surface area contributed by atoms with Gasteiger partial charge < -0.3 is 9.73 Å². The van der Waals surface area contributed by atoms with Crippen molar-refractivity contribution in [2.45, 2.75) is 10.6 Å². The molecule has 0 bridgehead atoms. The molecule has 0 atom stereocenters. The zero-order valence-electron chi connectivity index (χ0n) is 14.4. The summed E-state index contributed by atoms with van der Waals surface area (Å²) in [4.78, 5) is 13.9. The summed E-state index contributed by atoms with van der Waals surface area (Å²) >= 11 is 8.86. The highest BCUT2D eigenvalue weighted by Gasteiger charge is 2.22. The maximum Gasteiger partial charge on any atom is 0.292 e. The molecular weight excluding hydrogens is 412 g/mol. The van der Waals surface area contributed by atoms with Crippen molar-refractivity contribution < 1.29 is 9.21 Å². The molecule has 2 heterocycles. The van der Waals surface area contributed by atoms with Crippen LogP contribution in [0.1, 0.15) is 21.7 Å². The minimum absolute atomic E-state index is 0.264. The number of halogens is 1. The number of hydrogen-bond acceptors (Lipinski definition) is 5. The third kappa shape index (κ3) is 3.78. The van der Waals surface area contributed by atoms with E-state index in [1.807, 2.05) is 48.5 Å². The van der Waals surface area contributed by atoms with Gasteiger partial charge in [0.15, 0.2) is 5.76 Å². The van der Waals surface area contributed by atoms with Gasteiger partial charge in [-0.2, -0.15) is 5.26 Å². The van der Waals surface area contributed by atoms with E-state index in [1.54, 1.807) is 23.2 Å². The number of anilines is 1. The highest BCUT2D eigenvalue weighted by atomic mass is 35.5. The molecule has 138 valence electrons. The van der Waals surface area contributed by atoms with Crippen LogP contribution >= 0.6 is 34.7 Å². The molecule has 2 aromatic carbocycles. The number of carbonyl (C=O) groups is 1. The molecule has 0 unspecified atom stereocenters. The van der Waals surface area contributed by atoms with Crippen LogP contribution in [0.5, 0.6) is 0 Å². The molecule has 4 rings (SSSR count). The minimum Gasteiger partial charge on any atom is -0.451 e. The van der Waals surface area contributed by atoms with Crippen molar-refractivity contribution in [2.75, 3.05) is 5.32 Å². The molecule has 0 aliphatic rings. The van der Waals surface area contributed by atoms with E-state index < -0.39 is 0 Å². The Bertz CT molecular complexity index is 1190. The van der Waals surface area contributed by atoms with Crippen LogP contribution in [0.3, 0.4) is 0 Å². The number of rotatable bonds is 5. The molecule has 0 saturated carbocycles. The van der Waals surface area contributed by atoms with Gasteiger partial charge >= 0.3 is 0 Å². The van der Waals surface area contributed by atoms with Crippen LogP contribution in [0.2, 0.25) is 5.02 Å². The number of nitrogens with zero attached hydrogens (tertiary/aromatic N) is 1. The van der Waals surface area contributed by atoms with Crippen LogP contribution in [-0.2, 0) is 5.75 Å².